The number of hydrogen-bond donors (Lipinski definition) is 0. The number of rotatable bonds is 2. The smallest absolute Gasteiger partial charge is 0.101 e. The van der Waals surface area contributed by atoms with E-state index in [2.05, 4.69) is 47.7 Å². The number of nitriles is 1. The molecule has 0 saturated carbocycles. The molecule has 0 heterocycles. The fraction of sp³-hybridized carbons (Fsp3) is 0.462. The van der Waals surface area contributed by atoms with Crippen molar-refractivity contribution >= 4 is 21.6 Å². The normalized spacial score (nSPS) is 11.0. The molecule has 0 amide bonds. The van der Waals surface area contributed by atoms with Crippen molar-refractivity contribution in [3.63, 3.8) is 0 Å². The molecule has 0 aliphatic rings. The van der Waals surface area contributed by atoms with Crippen molar-refractivity contribution in [2.75, 3.05) is 18.5 Å². The zero-order valence-electron chi connectivity index (χ0n) is 10.2. The minimum atomic E-state index is 0.217. The van der Waals surface area contributed by atoms with Crippen LogP contribution < -0.4 is 4.90 Å². The zero-order chi connectivity index (χ0) is 12.3. The van der Waals surface area contributed by atoms with Crippen LogP contribution in [0.2, 0.25) is 0 Å². The summed E-state index contributed by atoms with van der Waals surface area (Å²) >= 11 is 3.38. The van der Waals surface area contributed by atoms with Crippen LogP contribution >= 0.6 is 15.9 Å². The fourth-order valence-electron chi connectivity index (χ4n) is 1.73. The summed E-state index contributed by atoms with van der Waals surface area (Å²) in [4.78, 5) is 2.13. The minimum Gasteiger partial charge on any atom is -0.373 e. The Morgan fingerprint density at radius 2 is 2.00 bits per heavy atom. The molecule has 0 bridgehead atoms. The van der Waals surface area contributed by atoms with E-state index in [1.54, 1.807) is 0 Å². The number of benzene rings is 1. The summed E-state index contributed by atoms with van der Waals surface area (Å²) in [5.41, 5.74) is 1.91. The highest BCUT2D eigenvalue weighted by molar-refractivity contribution is 9.10. The van der Waals surface area contributed by atoms with Crippen LogP contribution in [0.15, 0.2) is 22.7 Å². The molecule has 1 rings (SSSR count). The summed E-state index contributed by atoms with van der Waals surface area (Å²) in [5.74, 6) is 0. The standard InChI is InChI=1S/C13H17BrN2/c1-13(2,3)9-16(4)12-6-5-11(14)7-10(12)8-15/h5-7H,9H2,1-4H3. The van der Waals surface area contributed by atoms with Crippen LogP contribution in [0.4, 0.5) is 5.69 Å². The summed E-state index contributed by atoms with van der Waals surface area (Å²) < 4.78 is 0.942. The highest BCUT2D eigenvalue weighted by Gasteiger charge is 2.16. The largest absolute Gasteiger partial charge is 0.373 e. The summed E-state index contributed by atoms with van der Waals surface area (Å²) in [6.07, 6.45) is 0. The molecule has 1 aromatic rings. The predicted octanol–water partition coefficient (Wildman–Crippen LogP) is 3.80. The fourth-order valence-corrected chi connectivity index (χ4v) is 2.09. The molecule has 0 saturated heterocycles. The van der Waals surface area contributed by atoms with Gasteiger partial charge in [-0.25, -0.2) is 0 Å². The summed E-state index contributed by atoms with van der Waals surface area (Å²) in [6.45, 7) is 7.49. The summed E-state index contributed by atoms with van der Waals surface area (Å²) in [5, 5.41) is 9.09. The van der Waals surface area contributed by atoms with E-state index in [-0.39, 0.29) is 5.41 Å². The van der Waals surface area contributed by atoms with E-state index in [1.165, 1.54) is 0 Å². The van der Waals surface area contributed by atoms with E-state index in [0.29, 0.717) is 5.56 Å². The Kier molecular flexibility index (Phi) is 3.98. The number of nitrogens with zero attached hydrogens (tertiary/aromatic N) is 2. The predicted molar refractivity (Wildman–Crippen MR) is 71.6 cm³/mol. The van der Waals surface area contributed by atoms with Gasteiger partial charge in [0.25, 0.3) is 0 Å². The van der Waals surface area contributed by atoms with Gasteiger partial charge >= 0.3 is 0 Å². The maximum Gasteiger partial charge on any atom is 0.101 e. The lowest BCUT2D eigenvalue weighted by Crippen LogP contribution is -2.29. The maximum absolute atomic E-state index is 9.09. The van der Waals surface area contributed by atoms with Gasteiger partial charge in [0.15, 0.2) is 0 Å². The van der Waals surface area contributed by atoms with Crippen molar-refractivity contribution in [1.29, 1.82) is 5.26 Å². The van der Waals surface area contributed by atoms with Crippen molar-refractivity contribution in [2.24, 2.45) is 5.41 Å². The first-order valence-electron chi connectivity index (χ1n) is 5.24. The number of anilines is 1. The van der Waals surface area contributed by atoms with E-state index < -0.39 is 0 Å². The highest BCUT2D eigenvalue weighted by atomic mass is 79.9. The van der Waals surface area contributed by atoms with Gasteiger partial charge in [-0.2, -0.15) is 5.26 Å². The average molecular weight is 281 g/mol. The third-order valence-electron chi connectivity index (χ3n) is 2.20. The molecule has 0 spiro atoms. The average Bonchev–Trinajstić information content (AvgIpc) is 2.14. The van der Waals surface area contributed by atoms with E-state index in [9.17, 15) is 0 Å². The maximum atomic E-state index is 9.09. The van der Waals surface area contributed by atoms with Crippen LogP contribution in [-0.4, -0.2) is 13.6 Å². The molecule has 0 atom stereocenters. The van der Waals surface area contributed by atoms with Gasteiger partial charge in [0.1, 0.15) is 6.07 Å². The van der Waals surface area contributed by atoms with Crippen molar-refractivity contribution in [2.45, 2.75) is 20.8 Å². The Bertz CT molecular complexity index is 413. The molecule has 16 heavy (non-hydrogen) atoms. The third-order valence-corrected chi connectivity index (χ3v) is 2.70. The van der Waals surface area contributed by atoms with E-state index in [4.69, 9.17) is 5.26 Å². The van der Waals surface area contributed by atoms with Gasteiger partial charge in [-0.3, -0.25) is 0 Å². The second-order valence-electron chi connectivity index (χ2n) is 5.19. The van der Waals surface area contributed by atoms with E-state index in [1.807, 2.05) is 25.2 Å². The van der Waals surface area contributed by atoms with E-state index >= 15 is 0 Å². The Morgan fingerprint density at radius 3 is 2.50 bits per heavy atom. The third kappa shape index (κ3) is 3.53. The van der Waals surface area contributed by atoms with Gasteiger partial charge in [-0.15, -0.1) is 0 Å². The molecular formula is C13H17BrN2. The zero-order valence-corrected chi connectivity index (χ0v) is 11.8. The van der Waals surface area contributed by atoms with Gasteiger partial charge in [0.05, 0.1) is 11.3 Å². The molecule has 0 aromatic heterocycles. The van der Waals surface area contributed by atoms with Crippen LogP contribution in [0, 0.1) is 16.7 Å². The van der Waals surface area contributed by atoms with Crippen LogP contribution in [0.1, 0.15) is 26.3 Å². The van der Waals surface area contributed by atoms with Crippen LogP contribution in [0.3, 0.4) is 0 Å². The molecule has 3 heteroatoms. The van der Waals surface area contributed by atoms with Crippen molar-refractivity contribution in [3.05, 3.63) is 28.2 Å². The second-order valence-corrected chi connectivity index (χ2v) is 6.11. The second kappa shape index (κ2) is 4.88. The van der Waals surface area contributed by atoms with Gasteiger partial charge in [-0.1, -0.05) is 36.7 Å². The quantitative estimate of drug-likeness (QED) is 0.824. The first-order chi connectivity index (χ1) is 7.33. The lowest BCUT2D eigenvalue weighted by atomic mass is 9.96. The monoisotopic (exact) mass is 280 g/mol. The molecule has 0 fully saturated rings. The molecule has 0 aliphatic carbocycles. The Balaban J connectivity index is 3.00. The summed E-state index contributed by atoms with van der Waals surface area (Å²) in [7, 11) is 2.02. The summed E-state index contributed by atoms with van der Waals surface area (Å²) in [6, 6.07) is 8.04. The Hall–Kier alpha value is -1.01. The molecule has 0 N–H and O–H groups in total. The number of halogens is 1. The number of hydrogen-bond acceptors (Lipinski definition) is 2. The van der Waals surface area contributed by atoms with Crippen LogP contribution in [0.25, 0.3) is 0 Å². The van der Waals surface area contributed by atoms with Crippen molar-refractivity contribution in [3.8, 4) is 6.07 Å². The van der Waals surface area contributed by atoms with E-state index in [0.717, 1.165) is 16.7 Å². The molecule has 2 nitrogen and oxygen atoms in total. The first-order valence-corrected chi connectivity index (χ1v) is 6.03. The molecular weight excluding hydrogens is 264 g/mol. The Labute approximate surface area is 106 Å². The lowest BCUT2D eigenvalue weighted by molar-refractivity contribution is 0.419. The van der Waals surface area contributed by atoms with Gasteiger partial charge < -0.3 is 4.90 Å². The SMILES string of the molecule is CN(CC(C)(C)C)c1ccc(Br)cc1C#N. The van der Waals surface area contributed by atoms with Crippen LogP contribution in [0.5, 0.6) is 0 Å². The van der Waals surface area contributed by atoms with Gasteiger partial charge in [0, 0.05) is 18.1 Å². The molecule has 1 aromatic carbocycles. The topological polar surface area (TPSA) is 27.0 Å². The van der Waals surface area contributed by atoms with Gasteiger partial charge in [-0.05, 0) is 23.6 Å². The Morgan fingerprint density at radius 1 is 1.38 bits per heavy atom. The molecule has 0 aliphatic heterocycles. The molecule has 0 radical (unpaired) electrons. The molecule has 86 valence electrons. The minimum absolute atomic E-state index is 0.217. The lowest BCUT2D eigenvalue weighted by Gasteiger charge is -2.28. The van der Waals surface area contributed by atoms with Gasteiger partial charge in [0.2, 0.25) is 0 Å². The first kappa shape index (κ1) is 13.1. The van der Waals surface area contributed by atoms with Crippen LogP contribution in [-0.2, 0) is 0 Å². The van der Waals surface area contributed by atoms with Crippen molar-refractivity contribution < 1.29 is 0 Å². The molecule has 0 unspecified atom stereocenters. The highest BCUT2D eigenvalue weighted by Crippen LogP contribution is 2.26. The van der Waals surface area contributed by atoms with Crippen molar-refractivity contribution in [1.82, 2.24) is 0 Å².